The molecule has 0 amide bonds. The third-order valence-electron chi connectivity index (χ3n) is 6.62. The van der Waals surface area contributed by atoms with Crippen LogP contribution in [0.1, 0.15) is 18.1 Å². The average Bonchev–Trinajstić information content (AvgIpc) is 2.83. The number of phenols is 1. The minimum absolute atomic E-state index is 0.0188. The number of phenolic OH excluding ortho intramolecular Hbond substituents is 1. The van der Waals surface area contributed by atoms with Gasteiger partial charge in [0.2, 0.25) is 0 Å². The number of rotatable bonds is 7. The van der Waals surface area contributed by atoms with E-state index in [4.69, 9.17) is 14.9 Å². The molecular formula is C26H33N3O4. The van der Waals surface area contributed by atoms with E-state index in [1.54, 1.807) is 6.07 Å². The molecule has 7 heteroatoms. The number of aliphatic hydroxyl groups excluding tert-OH is 1. The minimum atomic E-state index is -0.697. The van der Waals surface area contributed by atoms with Crippen molar-refractivity contribution in [3.05, 3.63) is 59.7 Å². The SMILES string of the molecule is COc1cc2c(cc1O)OCC(C(O)CN1CCN(C/C=C(\C)c3ccccc3)CC1)C2=N. The first-order valence-corrected chi connectivity index (χ1v) is 11.4. The standard InChI is InChI=1S/C26H33N3O4/c1-18(19-6-4-3-5-7-19)8-9-28-10-12-29(13-11-28)16-23(31)21-17-33-24-15-22(30)25(32-2)14-20(24)26(21)27/h3-8,14-15,21,23,27,30-31H,9-13,16-17H2,1-2H3/b18-8+,27-26?. The number of nitrogens with one attached hydrogen (secondary N) is 1. The fraction of sp³-hybridized carbons (Fsp3) is 0.423. The van der Waals surface area contributed by atoms with Crippen LogP contribution in [0.25, 0.3) is 5.57 Å². The van der Waals surface area contributed by atoms with Crippen molar-refractivity contribution in [2.45, 2.75) is 13.0 Å². The summed E-state index contributed by atoms with van der Waals surface area (Å²) in [5, 5.41) is 29.5. The number of fused-ring (bicyclic) bond motifs is 1. The third kappa shape index (κ3) is 5.38. The number of hydrogen-bond acceptors (Lipinski definition) is 7. The highest BCUT2D eigenvalue weighted by Gasteiger charge is 2.33. The molecule has 2 aliphatic heterocycles. The Hall–Kier alpha value is -2.87. The van der Waals surface area contributed by atoms with E-state index in [9.17, 15) is 10.2 Å². The number of β-amino-alcohol motifs (C(OH)–C–C–N with tert-alkyl or cyclic N) is 1. The Morgan fingerprint density at radius 2 is 1.88 bits per heavy atom. The van der Waals surface area contributed by atoms with Gasteiger partial charge in [0, 0.05) is 50.9 Å². The fourth-order valence-corrected chi connectivity index (χ4v) is 4.44. The van der Waals surface area contributed by atoms with Crippen LogP contribution in [0.4, 0.5) is 0 Å². The molecule has 2 unspecified atom stereocenters. The molecule has 2 heterocycles. The fourth-order valence-electron chi connectivity index (χ4n) is 4.44. The van der Waals surface area contributed by atoms with Crippen LogP contribution in [0.15, 0.2) is 48.5 Å². The molecular weight excluding hydrogens is 418 g/mol. The molecule has 0 spiro atoms. The molecule has 0 bridgehead atoms. The van der Waals surface area contributed by atoms with Crippen LogP contribution >= 0.6 is 0 Å². The summed E-state index contributed by atoms with van der Waals surface area (Å²) in [6.45, 7) is 7.47. The number of methoxy groups -OCH3 is 1. The Labute approximate surface area is 195 Å². The monoisotopic (exact) mass is 451 g/mol. The van der Waals surface area contributed by atoms with Gasteiger partial charge in [-0.3, -0.25) is 9.80 Å². The number of aromatic hydroxyl groups is 1. The molecule has 2 atom stereocenters. The summed E-state index contributed by atoms with van der Waals surface area (Å²) in [5.41, 5.74) is 3.42. The lowest BCUT2D eigenvalue weighted by Crippen LogP contribution is -2.51. The van der Waals surface area contributed by atoms with E-state index in [1.807, 2.05) is 6.07 Å². The smallest absolute Gasteiger partial charge is 0.161 e. The number of piperazine rings is 1. The van der Waals surface area contributed by atoms with Crippen molar-refractivity contribution >= 4 is 11.3 Å². The highest BCUT2D eigenvalue weighted by molar-refractivity contribution is 6.04. The number of nitrogens with zero attached hydrogens (tertiary/aromatic N) is 2. The zero-order valence-corrected chi connectivity index (χ0v) is 19.3. The van der Waals surface area contributed by atoms with Crippen molar-refractivity contribution < 1.29 is 19.7 Å². The first-order chi connectivity index (χ1) is 16.0. The second-order valence-electron chi connectivity index (χ2n) is 8.77. The molecule has 2 aromatic rings. The Morgan fingerprint density at radius 3 is 2.58 bits per heavy atom. The van der Waals surface area contributed by atoms with Gasteiger partial charge in [-0.1, -0.05) is 36.4 Å². The zero-order valence-electron chi connectivity index (χ0n) is 19.3. The second-order valence-corrected chi connectivity index (χ2v) is 8.77. The lowest BCUT2D eigenvalue weighted by atomic mass is 9.89. The molecule has 33 heavy (non-hydrogen) atoms. The number of allylic oxidation sites excluding steroid dienone is 1. The maximum atomic E-state index is 10.9. The Morgan fingerprint density at radius 1 is 1.18 bits per heavy atom. The highest BCUT2D eigenvalue weighted by atomic mass is 16.5. The van der Waals surface area contributed by atoms with Gasteiger partial charge in [-0.15, -0.1) is 0 Å². The van der Waals surface area contributed by atoms with Crippen molar-refractivity contribution in [2.75, 3.05) is 53.0 Å². The number of aliphatic hydroxyl groups is 1. The third-order valence-corrected chi connectivity index (χ3v) is 6.62. The predicted octanol–water partition coefficient (Wildman–Crippen LogP) is 2.86. The molecule has 3 N–H and O–H groups in total. The van der Waals surface area contributed by atoms with Gasteiger partial charge in [-0.2, -0.15) is 0 Å². The summed E-state index contributed by atoms with van der Waals surface area (Å²) in [4.78, 5) is 4.69. The summed E-state index contributed by atoms with van der Waals surface area (Å²) < 4.78 is 10.9. The molecule has 2 aromatic carbocycles. The van der Waals surface area contributed by atoms with Crippen LogP contribution in [-0.2, 0) is 0 Å². The summed E-state index contributed by atoms with van der Waals surface area (Å²) in [6, 6.07) is 13.5. The van der Waals surface area contributed by atoms with Crippen LogP contribution in [0.5, 0.6) is 17.2 Å². The Bertz CT molecular complexity index is 1000. The molecule has 1 fully saturated rings. The summed E-state index contributed by atoms with van der Waals surface area (Å²) in [7, 11) is 1.47. The maximum Gasteiger partial charge on any atom is 0.161 e. The first kappa shape index (κ1) is 23.3. The molecule has 0 aromatic heterocycles. The second kappa shape index (κ2) is 10.4. The predicted molar refractivity (Wildman–Crippen MR) is 129 cm³/mol. The molecule has 7 nitrogen and oxygen atoms in total. The van der Waals surface area contributed by atoms with Crippen LogP contribution in [0.3, 0.4) is 0 Å². The van der Waals surface area contributed by atoms with E-state index in [2.05, 4.69) is 47.1 Å². The van der Waals surface area contributed by atoms with Crippen molar-refractivity contribution in [1.82, 2.24) is 9.80 Å². The van der Waals surface area contributed by atoms with Gasteiger partial charge >= 0.3 is 0 Å². The van der Waals surface area contributed by atoms with E-state index in [1.165, 1.54) is 24.3 Å². The Balaban J connectivity index is 1.29. The van der Waals surface area contributed by atoms with Gasteiger partial charge < -0.3 is 25.1 Å². The number of hydrogen-bond donors (Lipinski definition) is 3. The van der Waals surface area contributed by atoms with E-state index >= 15 is 0 Å². The molecule has 4 rings (SSSR count). The first-order valence-electron chi connectivity index (χ1n) is 11.4. The molecule has 0 saturated carbocycles. The molecule has 1 saturated heterocycles. The highest BCUT2D eigenvalue weighted by Crippen LogP contribution is 2.38. The van der Waals surface area contributed by atoms with Crippen LogP contribution in [-0.4, -0.2) is 84.8 Å². The van der Waals surface area contributed by atoms with Gasteiger partial charge in [0.25, 0.3) is 0 Å². The molecule has 176 valence electrons. The van der Waals surface area contributed by atoms with E-state index in [0.717, 1.165) is 32.7 Å². The van der Waals surface area contributed by atoms with Crippen LogP contribution < -0.4 is 9.47 Å². The minimum Gasteiger partial charge on any atom is -0.504 e. The summed E-state index contributed by atoms with van der Waals surface area (Å²) in [5.74, 6) is 0.315. The Kier molecular flexibility index (Phi) is 7.33. The average molecular weight is 452 g/mol. The largest absolute Gasteiger partial charge is 0.504 e. The zero-order chi connectivity index (χ0) is 23.4. The molecule has 0 radical (unpaired) electrons. The molecule has 2 aliphatic rings. The van der Waals surface area contributed by atoms with Crippen LogP contribution in [0.2, 0.25) is 0 Å². The van der Waals surface area contributed by atoms with Crippen molar-refractivity contribution in [3.8, 4) is 17.2 Å². The van der Waals surface area contributed by atoms with Crippen LogP contribution in [0, 0.1) is 11.3 Å². The van der Waals surface area contributed by atoms with E-state index < -0.39 is 12.0 Å². The quantitative estimate of drug-likeness (QED) is 0.600. The van der Waals surface area contributed by atoms with Gasteiger partial charge in [0.15, 0.2) is 11.5 Å². The number of benzene rings is 2. The van der Waals surface area contributed by atoms with Gasteiger partial charge in [-0.25, -0.2) is 0 Å². The lowest BCUT2D eigenvalue weighted by Gasteiger charge is -2.37. The summed E-state index contributed by atoms with van der Waals surface area (Å²) >= 11 is 0. The van der Waals surface area contributed by atoms with Crippen molar-refractivity contribution in [1.29, 1.82) is 5.41 Å². The van der Waals surface area contributed by atoms with Crippen molar-refractivity contribution in [3.63, 3.8) is 0 Å². The van der Waals surface area contributed by atoms with Gasteiger partial charge in [-0.05, 0) is 24.1 Å². The van der Waals surface area contributed by atoms with E-state index in [-0.39, 0.29) is 12.4 Å². The normalized spacial score (nSPS) is 20.8. The lowest BCUT2D eigenvalue weighted by molar-refractivity contribution is 0.0451. The number of ether oxygens (including phenoxy) is 2. The van der Waals surface area contributed by atoms with E-state index in [0.29, 0.717) is 29.3 Å². The van der Waals surface area contributed by atoms with Crippen molar-refractivity contribution in [2.24, 2.45) is 5.92 Å². The van der Waals surface area contributed by atoms with Gasteiger partial charge in [0.05, 0.1) is 31.5 Å². The maximum absolute atomic E-state index is 10.9. The summed E-state index contributed by atoms with van der Waals surface area (Å²) in [6.07, 6.45) is 1.58. The molecule has 0 aliphatic carbocycles. The topological polar surface area (TPSA) is 89.2 Å². The van der Waals surface area contributed by atoms with Gasteiger partial charge in [0.1, 0.15) is 5.75 Å².